The number of nitrogen functional groups attached to an aromatic ring is 1. The number of nitrogens with two attached hydrogens (primary N) is 1. The molecule has 1 aliphatic carbocycles. The number of rotatable bonds is 1. The summed E-state index contributed by atoms with van der Waals surface area (Å²) in [4.78, 5) is 9.04. The van der Waals surface area contributed by atoms with E-state index in [2.05, 4.69) is 9.97 Å². The molecule has 1 aliphatic rings. The topological polar surface area (TPSA) is 51.8 Å². The number of aromatic nitrogens is 2. The summed E-state index contributed by atoms with van der Waals surface area (Å²) in [7, 11) is 0. The molecule has 0 saturated heterocycles. The second-order valence-electron chi connectivity index (χ2n) is 4.61. The molecule has 1 heterocycles. The summed E-state index contributed by atoms with van der Waals surface area (Å²) >= 11 is 5.95. The van der Waals surface area contributed by atoms with Crippen LogP contribution in [-0.2, 0) is 0 Å². The van der Waals surface area contributed by atoms with E-state index in [0.29, 0.717) is 16.8 Å². The Morgan fingerprint density at radius 3 is 2.71 bits per heavy atom. The van der Waals surface area contributed by atoms with Gasteiger partial charge in [-0.1, -0.05) is 24.4 Å². The number of anilines is 1. The van der Waals surface area contributed by atoms with Crippen LogP contribution in [0.3, 0.4) is 0 Å². The SMILES string of the molecule is Nc1nc(C2CCCC2)nc2ccc(Cl)cc12. The zero-order valence-corrected chi connectivity index (χ0v) is 10.2. The van der Waals surface area contributed by atoms with E-state index >= 15 is 0 Å². The van der Waals surface area contributed by atoms with Gasteiger partial charge in [-0.25, -0.2) is 9.97 Å². The number of fused-ring (bicyclic) bond motifs is 1. The summed E-state index contributed by atoms with van der Waals surface area (Å²) in [6, 6.07) is 5.58. The van der Waals surface area contributed by atoms with Crippen molar-refractivity contribution in [2.45, 2.75) is 31.6 Å². The van der Waals surface area contributed by atoms with E-state index < -0.39 is 0 Å². The molecule has 2 N–H and O–H groups in total. The molecule has 0 spiro atoms. The van der Waals surface area contributed by atoms with Crippen LogP contribution in [0.25, 0.3) is 10.9 Å². The normalized spacial score (nSPS) is 16.8. The van der Waals surface area contributed by atoms with Gasteiger partial charge in [0.25, 0.3) is 0 Å². The molecule has 3 rings (SSSR count). The van der Waals surface area contributed by atoms with Crippen LogP contribution in [0.1, 0.15) is 37.4 Å². The Morgan fingerprint density at radius 2 is 1.94 bits per heavy atom. The van der Waals surface area contributed by atoms with Crippen LogP contribution in [0.2, 0.25) is 5.02 Å². The van der Waals surface area contributed by atoms with Crippen LogP contribution in [0.15, 0.2) is 18.2 Å². The van der Waals surface area contributed by atoms with Gasteiger partial charge in [0.15, 0.2) is 0 Å². The molecule has 17 heavy (non-hydrogen) atoms. The second kappa shape index (κ2) is 4.15. The predicted octanol–water partition coefficient (Wildman–Crippen LogP) is 3.52. The molecular weight excluding hydrogens is 234 g/mol. The first-order valence-corrected chi connectivity index (χ1v) is 6.34. The van der Waals surface area contributed by atoms with Crippen molar-refractivity contribution in [2.75, 3.05) is 5.73 Å². The van der Waals surface area contributed by atoms with Gasteiger partial charge in [-0.15, -0.1) is 0 Å². The van der Waals surface area contributed by atoms with Crippen molar-refractivity contribution in [1.29, 1.82) is 0 Å². The summed E-state index contributed by atoms with van der Waals surface area (Å²) < 4.78 is 0. The highest BCUT2D eigenvalue weighted by Crippen LogP contribution is 2.33. The zero-order valence-electron chi connectivity index (χ0n) is 9.49. The lowest BCUT2D eigenvalue weighted by Gasteiger charge is -2.10. The van der Waals surface area contributed by atoms with E-state index in [0.717, 1.165) is 16.7 Å². The highest BCUT2D eigenvalue weighted by Gasteiger charge is 2.20. The predicted molar refractivity (Wildman–Crippen MR) is 70.2 cm³/mol. The number of hydrogen-bond donors (Lipinski definition) is 1. The third kappa shape index (κ3) is 1.95. The number of halogens is 1. The van der Waals surface area contributed by atoms with Gasteiger partial charge >= 0.3 is 0 Å². The number of benzene rings is 1. The van der Waals surface area contributed by atoms with Crippen molar-refractivity contribution < 1.29 is 0 Å². The maximum Gasteiger partial charge on any atom is 0.135 e. The standard InChI is InChI=1S/C13H14ClN3/c14-9-5-6-11-10(7-9)12(15)17-13(16-11)8-3-1-2-4-8/h5-8H,1-4H2,(H2,15,16,17). The molecule has 0 radical (unpaired) electrons. The van der Waals surface area contributed by atoms with Crippen molar-refractivity contribution in [2.24, 2.45) is 0 Å². The van der Waals surface area contributed by atoms with Gasteiger partial charge in [0, 0.05) is 16.3 Å². The van der Waals surface area contributed by atoms with E-state index in [1.54, 1.807) is 0 Å². The Kier molecular flexibility index (Phi) is 2.63. The van der Waals surface area contributed by atoms with Crippen molar-refractivity contribution in [1.82, 2.24) is 9.97 Å². The van der Waals surface area contributed by atoms with Gasteiger partial charge in [0.1, 0.15) is 11.6 Å². The molecule has 3 nitrogen and oxygen atoms in total. The fraction of sp³-hybridized carbons (Fsp3) is 0.385. The minimum Gasteiger partial charge on any atom is -0.383 e. The van der Waals surface area contributed by atoms with E-state index in [1.807, 2.05) is 18.2 Å². The summed E-state index contributed by atoms with van der Waals surface area (Å²) in [5.74, 6) is 1.92. The highest BCUT2D eigenvalue weighted by molar-refractivity contribution is 6.31. The van der Waals surface area contributed by atoms with Crippen molar-refractivity contribution >= 4 is 28.3 Å². The summed E-state index contributed by atoms with van der Waals surface area (Å²) in [6.07, 6.45) is 4.90. The van der Waals surface area contributed by atoms with E-state index in [4.69, 9.17) is 17.3 Å². The molecule has 1 aromatic carbocycles. The van der Waals surface area contributed by atoms with Crippen LogP contribution in [0.5, 0.6) is 0 Å². The lowest BCUT2D eigenvalue weighted by Crippen LogP contribution is -2.04. The Morgan fingerprint density at radius 1 is 1.18 bits per heavy atom. The molecule has 1 saturated carbocycles. The van der Waals surface area contributed by atoms with Gasteiger partial charge in [0.05, 0.1) is 5.52 Å². The quantitative estimate of drug-likeness (QED) is 0.839. The smallest absolute Gasteiger partial charge is 0.135 e. The monoisotopic (exact) mass is 247 g/mol. The number of hydrogen-bond acceptors (Lipinski definition) is 3. The van der Waals surface area contributed by atoms with Crippen LogP contribution in [-0.4, -0.2) is 9.97 Å². The van der Waals surface area contributed by atoms with Crippen molar-refractivity contribution in [3.05, 3.63) is 29.0 Å². The Labute approximate surface area is 105 Å². The van der Waals surface area contributed by atoms with E-state index in [-0.39, 0.29) is 0 Å². The maximum atomic E-state index is 5.98. The average molecular weight is 248 g/mol. The average Bonchev–Trinajstić information content (AvgIpc) is 2.83. The van der Waals surface area contributed by atoms with Gasteiger partial charge in [-0.05, 0) is 31.0 Å². The molecule has 0 aliphatic heterocycles. The van der Waals surface area contributed by atoms with Crippen LogP contribution >= 0.6 is 11.6 Å². The van der Waals surface area contributed by atoms with Gasteiger partial charge in [0.2, 0.25) is 0 Å². The first-order valence-electron chi connectivity index (χ1n) is 5.97. The number of nitrogens with zero attached hydrogens (tertiary/aromatic N) is 2. The Bertz CT molecular complexity index is 562. The molecule has 1 fully saturated rings. The van der Waals surface area contributed by atoms with Crippen LogP contribution < -0.4 is 5.73 Å². The zero-order chi connectivity index (χ0) is 11.8. The Hall–Kier alpha value is -1.35. The molecule has 88 valence electrons. The Balaban J connectivity index is 2.13. The third-order valence-electron chi connectivity index (χ3n) is 3.42. The van der Waals surface area contributed by atoms with Crippen molar-refractivity contribution in [3.63, 3.8) is 0 Å². The van der Waals surface area contributed by atoms with Crippen LogP contribution in [0.4, 0.5) is 5.82 Å². The molecular formula is C13H14ClN3. The van der Waals surface area contributed by atoms with Gasteiger partial charge in [-0.3, -0.25) is 0 Å². The molecule has 0 unspecified atom stereocenters. The third-order valence-corrected chi connectivity index (χ3v) is 3.66. The molecule has 0 bridgehead atoms. The molecule has 0 atom stereocenters. The summed E-state index contributed by atoms with van der Waals surface area (Å²) in [6.45, 7) is 0. The van der Waals surface area contributed by atoms with Gasteiger partial charge in [-0.2, -0.15) is 0 Å². The first-order chi connectivity index (χ1) is 8.24. The minimum absolute atomic E-state index is 0.484. The first kappa shape index (κ1) is 10.8. The largest absolute Gasteiger partial charge is 0.383 e. The van der Waals surface area contributed by atoms with E-state index in [9.17, 15) is 0 Å². The lowest BCUT2D eigenvalue weighted by atomic mass is 10.1. The molecule has 4 heteroatoms. The maximum absolute atomic E-state index is 5.98. The second-order valence-corrected chi connectivity index (χ2v) is 5.05. The fourth-order valence-corrected chi connectivity index (χ4v) is 2.68. The van der Waals surface area contributed by atoms with E-state index in [1.165, 1.54) is 25.7 Å². The molecule has 1 aromatic heterocycles. The highest BCUT2D eigenvalue weighted by atomic mass is 35.5. The van der Waals surface area contributed by atoms with Crippen LogP contribution in [0, 0.1) is 0 Å². The fourth-order valence-electron chi connectivity index (χ4n) is 2.51. The van der Waals surface area contributed by atoms with Crippen molar-refractivity contribution in [3.8, 4) is 0 Å². The summed E-state index contributed by atoms with van der Waals surface area (Å²) in [5.41, 5.74) is 6.88. The summed E-state index contributed by atoms with van der Waals surface area (Å²) in [5, 5.41) is 1.51. The van der Waals surface area contributed by atoms with Gasteiger partial charge < -0.3 is 5.73 Å². The molecule has 2 aromatic rings. The lowest BCUT2D eigenvalue weighted by molar-refractivity contribution is 0.674. The molecule has 0 amide bonds. The minimum atomic E-state index is 0.484.